The van der Waals surface area contributed by atoms with Crippen LogP contribution in [0.25, 0.3) is 0 Å². The molecular formula is C10H16N3O13P3. The average Bonchev–Trinajstić information content (AvgIpc) is 2.85. The average molecular weight is 479 g/mol. The van der Waals surface area contributed by atoms with Crippen LogP contribution in [0.5, 0.6) is 0 Å². The summed E-state index contributed by atoms with van der Waals surface area (Å²) in [5.74, 6) is 0.243. The Morgan fingerprint density at radius 2 is 1.79 bits per heavy atom. The molecule has 2 fully saturated rings. The molecule has 0 saturated carbocycles. The molecule has 0 bridgehead atoms. The van der Waals surface area contributed by atoms with Gasteiger partial charge >= 0.3 is 29.2 Å². The Balaban J connectivity index is 1.73. The Morgan fingerprint density at radius 3 is 2.34 bits per heavy atom. The van der Waals surface area contributed by atoms with Crippen LogP contribution in [0.1, 0.15) is 6.23 Å². The molecule has 2 aliphatic heterocycles. The highest BCUT2D eigenvalue weighted by Gasteiger charge is 2.55. The van der Waals surface area contributed by atoms with E-state index >= 15 is 0 Å². The molecule has 2 saturated heterocycles. The van der Waals surface area contributed by atoms with Gasteiger partial charge in [-0.15, -0.1) is 0 Å². The van der Waals surface area contributed by atoms with E-state index in [1.165, 1.54) is 19.3 Å². The van der Waals surface area contributed by atoms with Crippen LogP contribution in [0.4, 0.5) is 5.82 Å². The molecule has 6 atom stereocenters. The lowest BCUT2D eigenvalue weighted by atomic mass is 10.1. The van der Waals surface area contributed by atoms with Crippen molar-refractivity contribution >= 4 is 29.3 Å². The van der Waals surface area contributed by atoms with Gasteiger partial charge in [0, 0.05) is 13.2 Å². The third-order valence-electron chi connectivity index (χ3n) is 3.71. The zero-order valence-corrected chi connectivity index (χ0v) is 17.1. The van der Waals surface area contributed by atoms with Crippen molar-refractivity contribution in [2.75, 3.05) is 19.0 Å². The van der Waals surface area contributed by atoms with Crippen molar-refractivity contribution in [3.05, 3.63) is 22.7 Å². The summed E-state index contributed by atoms with van der Waals surface area (Å²) in [7, 11) is -14.0. The standard InChI is InChI=1S/C10H16N3O13P3/c1-11-6-2-3-13(10(16)12-6)9-8(15)7(14)5(23-9)4-22-29(21)25-27(17,18)24-28(19,20)26-29/h2-3,5,7-9,14-15H,4H2,1H3,(H,17,18)(H,19,20)(H,11,12,16)/t5-,7?,8?,9-/m1/s1. The lowest BCUT2D eigenvalue weighted by molar-refractivity contribution is -0.0544. The lowest BCUT2D eigenvalue weighted by Gasteiger charge is -2.27. The van der Waals surface area contributed by atoms with E-state index in [0.29, 0.717) is 0 Å². The van der Waals surface area contributed by atoms with Crippen LogP contribution in [-0.4, -0.2) is 61.5 Å². The van der Waals surface area contributed by atoms with Crippen molar-refractivity contribution in [3.8, 4) is 0 Å². The molecule has 2 aliphatic rings. The van der Waals surface area contributed by atoms with Crippen molar-refractivity contribution in [1.29, 1.82) is 0 Å². The quantitative estimate of drug-likeness (QED) is 0.329. The van der Waals surface area contributed by atoms with Crippen LogP contribution in [0, 0.1) is 0 Å². The minimum absolute atomic E-state index is 0.243. The van der Waals surface area contributed by atoms with Crippen molar-refractivity contribution in [3.63, 3.8) is 0 Å². The molecule has 19 heteroatoms. The van der Waals surface area contributed by atoms with Crippen molar-refractivity contribution in [1.82, 2.24) is 9.55 Å². The predicted molar refractivity (Wildman–Crippen MR) is 90.4 cm³/mol. The first-order valence-electron chi connectivity index (χ1n) is 7.67. The lowest BCUT2D eigenvalue weighted by Crippen LogP contribution is -2.36. The summed E-state index contributed by atoms with van der Waals surface area (Å²) in [6.07, 6.45) is -4.93. The van der Waals surface area contributed by atoms with E-state index < -0.39 is 60.3 Å². The molecule has 164 valence electrons. The van der Waals surface area contributed by atoms with Crippen molar-refractivity contribution < 1.29 is 55.9 Å². The highest BCUT2D eigenvalue weighted by molar-refractivity contribution is 7.74. The Kier molecular flexibility index (Phi) is 6.20. The number of hydrogen-bond acceptors (Lipinski definition) is 13. The zero-order chi connectivity index (χ0) is 21.6. The number of aliphatic hydroxyl groups is 2. The molecule has 29 heavy (non-hydrogen) atoms. The van der Waals surface area contributed by atoms with E-state index in [1.807, 2.05) is 0 Å². The Morgan fingerprint density at radius 1 is 1.17 bits per heavy atom. The van der Waals surface area contributed by atoms with Gasteiger partial charge in [0.2, 0.25) is 0 Å². The fraction of sp³-hybridized carbons (Fsp3) is 0.600. The van der Waals surface area contributed by atoms with E-state index in [9.17, 15) is 38.5 Å². The Labute approximate surface area is 161 Å². The first-order chi connectivity index (χ1) is 13.3. The van der Waals surface area contributed by atoms with Gasteiger partial charge in [-0.2, -0.15) is 17.9 Å². The minimum atomic E-state index is -5.23. The van der Waals surface area contributed by atoms with Crippen LogP contribution < -0.4 is 11.0 Å². The number of nitrogens with one attached hydrogen (secondary N) is 1. The zero-order valence-electron chi connectivity index (χ0n) is 14.4. The third-order valence-corrected chi connectivity index (χ3v) is 9.07. The molecule has 16 nitrogen and oxygen atoms in total. The molecule has 4 unspecified atom stereocenters. The highest BCUT2D eigenvalue weighted by Crippen LogP contribution is 2.80. The van der Waals surface area contributed by atoms with Crippen molar-refractivity contribution in [2.24, 2.45) is 0 Å². The number of aliphatic hydroxyl groups excluding tert-OH is 2. The normalized spacial score (nSPS) is 42.7. The van der Waals surface area contributed by atoms with E-state index in [1.54, 1.807) is 0 Å². The maximum absolute atomic E-state index is 12.2. The number of ether oxygens (including phenoxy) is 1. The Hall–Kier alpha value is -0.990. The van der Waals surface area contributed by atoms with Crippen molar-refractivity contribution in [2.45, 2.75) is 24.5 Å². The minimum Gasteiger partial charge on any atom is -0.387 e. The number of aromatic nitrogens is 2. The van der Waals surface area contributed by atoms with Crippen LogP contribution in [0.2, 0.25) is 0 Å². The van der Waals surface area contributed by atoms with Gasteiger partial charge in [0.15, 0.2) is 6.23 Å². The van der Waals surface area contributed by atoms with Gasteiger partial charge in [-0.25, -0.2) is 18.5 Å². The van der Waals surface area contributed by atoms with E-state index in [-0.39, 0.29) is 5.82 Å². The summed E-state index contributed by atoms with van der Waals surface area (Å²) in [5, 5.41) is 22.9. The van der Waals surface area contributed by atoms with E-state index in [0.717, 1.165) is 4.57 Å². The van der Waals surface area contributed by atoms with Gasteiger partial charge in [-0.05, 0) is 6.07 Å². The molecule has 1 aromatic heterocycles. The molecule has 0 radical (unpaired) electrons. The first-order valence-corrected chi connectivity index (χ1v) is 12.1. The van der Waals surface area contributed by atoms with Gasteiger partial charge in [0.05, 0.1) is 6.61 Å². The number of anilines is 1. The summed E-state index contributed by atoms with van der Waals surface area (Å²) in [5.41, 5.74) is -0.819. The second-order valence-electron chi connectivity index (χ2n) is 5.72. The highest BCUT2D eigenvalue weighted by atomic mass is 31.3. The summed E-state index contributed by atoms with van der Waals surface area (Å²) in [4.78, 5) is 34.0. The summed E-state index contributed by atoms with van der Waals surface area (Å²) < 4.78 is 57.7. The SMILES string of the molecule is CNc1ccn([C@@H]2O[C@H](COP3(=O)OP(=O)(O)OP(=O)(O)O3)C(O)C2O)c(=O)n1. The number of hydrogen-bond donors (Lipinski definition) is 5. The maximum atomic E-state index is 12.2. The fourth-order valence-electron chi connectivity index (χ4n) is 2.48. The molecule has 0 amide bonds. The maximum Gasteiger partial charge on any atom is 0.492 e. The van der Waals surface area contributed by atoms with Crippen LogP contribution >= 0.6 is 23.5 Å². The van der Waals surface area contributed by atoms with Crippen LogP contribution in [0.3, 0.4) is 0 Å². The molecule has 0 aromatic carbocycles. The van der Waals surface area contributed by atoms with Crippen LogP contribution in [0.15, 0.2) is 17.1 Å². The fourth-order valence-corrected chi connectivity index (χ4v) is 7.42. The molecule has 3 rings (SSSR count). The topological polar surface area (TPSA) is 225 Å². The molecule has 1 aromatic rings. The number of phosphoric acid groups is 3. The molecule has 0 spiro atoms. The van der Waals surface area contributed by atoms with E-state index in [2.05, 4.69) is 27.8 Å². The molecule has 0 aliphatic carbocycles. The van der Waals surface area contributed by atoms with E-state index in [4.69, 9.17) is 4.74 Å². The first kappa shape index (κ1) is 22.7. The third kappa shape index (κ3) is 5.02. The molecule has 5 N–H and O–H groups in total. The number of nitrogens with zero attached hydrogens (tertiary/aromatic N) is 2. The molecular weight excluding hydrogens is 463 g/mol. The van der Waals surface area contributed by atoms with Gasteiger partial charge in [0.25, 0.3) is 0 Å². The number of rotatable bonds is 5. The smallest absolute Gasteiger partial charge is 0.387 e. The second-order valence-corrected chi connectivity index (χ2v) is 10.7. The summed E-state index contributed by atoms with van der Waals surface area (Å²) in [6, 6.07) is 1.40. The van der Waals surface area contributed by atoms with Gasteiger partial charge in [-0.3, -0.25) is 9.09 Å². The summed E-state index contributed by atoms with van der Waals surface area (Å²) >= 11 is 0. The van der Waals surface area contributed by atoms with Crippen LogP contribution in [-0.2, 0) is 35.9 Å². The summed E-state index contributed by atoms with van der Waals surface area (Å²) in [6.45, 7) is -0.886. The van der Waals surface area contributed by atoms with Gasteiger partial charge < -0.3 is 30.1 Å². The monoisotopic (exact) mass is 479 g/mol. The largest absolute Gasteiger partial charge is 0.492 e. The Bertz CT molecular complexity index is 955. The van der Waals surface area contributed by atoms with Gasteiger partial charge in [0.1, 0.15) is 24.1 Å². The molecule has 3 heterocycles. The second kappa shape index (κ2) is 7.93. The predicted octanol–water partition coefficient (Wildman–Crippen LogP) is -0.707. The van der Waals surface area contributed by atoms with Gasteiger partial charge in [-0.1, -0.05) is 0 Å².